The van der Waals surface area contributed by atoms with E-state index in [1.165, 1.54) is 13.2 Å². The van der Waals surface area contributed by atoms with Crippen LogP contribution >= 0.6 is 0 Å². The van der Waals surface area contributed by atoms with E-state index in [4.69, 9.17) is 9.47 Å². The van der Waals surface area contributed by atoms with Crippen LogP contribution in [0.25, 0.3) is 0 Å². The molecule has 2 atom stereocenters. The first kappa shape index (κ1) is 15.7. The monoisotopic (exact) mass is 297 g/mol. The number of rotatable bonds is 6. The lowest BCUT2D eigenvalue weighted by Crippen LogP contribution is -2.42. The summed E-state index contributed by atoms with van der Waals surface area (Å²) in [4.78, 5) is 13.2. The average Bonchev–Trinajstić information content (AvgIpc) is 2.94. The van der Waals surface area contributed by atoms with Gasteiger partial charge in [-0.1, -0.05) is 13.0 Å². The van der Waals surface area contributed by atoms with Crippen molar-refractivity contribution >= 4 is 5.97 Å². The molecular weight excluding hydrogens is 277 g/mol. The van der Waals surface area contributed by atoms with Crippen molar-refractivity contribution in [1.82, 2.24) is 4.90 Å². The predicted molar refractivity (Wildman–Crippen MR) is 74.8 cm³/mol. The van der Waals surface area contributed by atoms with Crippen LogP contribution in [0.2, 0.25) is 0 Å². The van der Waals surface area contributed by atoms with Gasteiger partial charge in [-0.25, -0.2) is 4.39 Å². The highest BCUT2D eigenvalue weighted by atomic mass is 19.1. The molecular formula is C15H20FNO4. The van der Waals surface area contributed by atoms with Crippen LogP contribution in [0.1, 0.15) is 12.5 Å². The molecule has 1 aromatic carbocycles. The van der Waals surface area contributed by atoms with E-state index in [0.29, 0.717) is 19.7 Å². The molecule has 0 aromatic heterocycles. The van der Waals surface area contributed by atoms with Crippen molar-refractivity contribution in [3.05, 3.63) is 29.6 Å². The van der Waals surface area contributed by atoms with Gasteiger partial charge in [0, 0.05) is 12.6 Å². The molecule has 0 bridgehead atoms. The molecule has 21 heavy (non-hydrogen) atoms. The fraction of sp³-hybridized carbons (Fsp3) is 0.533. The number of carboxylic acids is 1. The summed E-state index contributed by atoms with van der Waals surface area (Å²) in [6, 6.07) is 4.61. The Morgan fingerprint density at radius 2 is 2.29 bits per heavy atom. The maximum Gasteiger partial charge on any atom is 0.310 e. The molecule has 5 nitrogen and oxygen atoms in total. The number of hydrogen-bond acceptors (Lipinski definition) is 4. The number of benzene rings is 1. The highest BCUT2D eigenvalue weighted by molar-refractivity contribution is 5.71. The Morgan fingerprint density at radius 3 is 2.86 bits per heavy atom. The van der Waals surface area contributed by atoms with E-state index in [9.17, 15) is 14.3 Å². The lowest BCUT2D eigenvalue weighted by molar-refractivity contribution is -0.143. The zero-order valence-electron chi connectivity index (χ0n) is 12.2. The standard InChI is InChI=1S/C15H20FNO4/c1-3-17(13-9-21-8-11(13)15(18)19)7-10-4-5-14(20-2)12(16)6-10/h4-6,11,13H,3,7-9H2,1-2H3,(H,18,19). The third-order valence-electron chi connectivity index (χ3n) is 3.84. The van der Waals surface area contributed by atoms with Crippen molar-refractivity contribution in [2.75, 3.05) is 26.9 Å². The quantitative estimate of drug-likeness (QED) is 0.867. The second kappa shape index (κ2) is 6.87. The summed E-state index contributed by atoms with van der Waals surface area (Å²) in [7, 11) is 1.42. The van der Waals surface area contributed by atoms with E-state index < -0.39 is 17.7 Å². The number of hydrogen-bond donors (Lipinski definition) is 1. The van der Waals surface area contributed by atoms with Crippen molar-refractivity contribution in [3.8, 4) is 5.75 Å². The molecule has 6 heteroatoms. The minimum absolute atomic E-state index is 0.183. The molecule has 0 radical (unpaired) electrons. The van der Waals surface area contributed by atoms with Crippen LogP contribution in [0.15, 0.2) is 18.2 Å². The fourth-order valence-electron chi connectivity index (χ4n) is 2.65. The highest BCUT2D eigenvalue weighted by Gasteiger charge is 2.37. The van der Waals surface area contributed by atoms with Gasteiger partial charge in [0.2, 0.25) is 0 Å². The number of nitrogens with zero attached hydrogens (tertiary/aromatic N) is 1. The Labute approximate surface area is 123 Å². The Morgan fingerprint density at radius 1 is 1.52 bits per heavy atom. The van der Waals surface area contributed by atoms with Gasteiger partial charge in [-0.05, 0) is 24.2 Å². The number of aliphatic carboxylic acids is 1. The lowest BCUT2D eigenvalue weighted by atomic mass is 10.0. The molecule has 0 spiro atoms. The first-order chi connectivity index (χ1) is 10.1. The van der Waals surface area contributed by atoms with Gasteiger partial charge in [-0.3, -0.25) is 9.69 Å². The molecule has 1 fully saturated rings. The number of ether oxygens (including phenoxy) is 2. The van der Waals surface area contributed by atoms with Crippen LogP contribution in [-0.2, 0) is 16.1 Å². The Bertz CT molecular complexity index is 508. The van der Waals surface area contributed by atoms with Gasteiger partial charge in [0.1, 0.15) is 0 Å². The van der Waals surface area contributed by atoms with Crippen molar-refractivity contribution in [2.24, 2.45) is 5.92 Å². The zero-order valence-corrected chi connectivity index (χ0v) is 12.2. The maximum atomic E-state index is 13.7. The van der Waals surface area contributed by atoms with Crippen LogP contribution in [0, 0.1) is 11.7 Å². The number of carboxylic acid groups (broad SMARTS) is 1. The number of carbonyl (C=O) groups is 1. The van der Waals surface area contributed by atoms with Crippen LogP contribution < -0.4 is 4.74 Å². The first-order valence-corrected chi connectivity index (χ1v) is 6.93. The maximum absolute atomic E-state index is 13.7. The minimum atomic E-state index is -0.850. The molecule has 1 aliphatic heterocycles. The predicted octanol–water partition coefficient (Wildman–Crippen LogP) is 1.76. The topological polar surface area (TPSA) is 59.0 Å². The molecule has 0 saturated carbocycles. The van der Waals surface area contributed by atoms with Crippen LogP contribution in [0.4, 0.5) is 4.39 Å². The van der Waals surface area contributed by atoms with E-state index in [1.54, 1.807) is 12.1 Å². The third kappa shape index (κ3) is 3.51. The van der Waals surface area contributed by atoms with Gasteiger partial charge in [-0.2, -0.15) is 0 Å². The molecule has 1 N–H and O–H groups in total. The summed E-state index contributed by atoms with van der Waals surface area (Å²) >= 11 is 0. The van der Waals surface area contributed by atoms with Gasteiger partial charge in [0.25, 0.3) is 0 Å². The van der Waals surface area contributed by atoms with Gasteiger partial charge >= 0.3 is 5.97 Å². The van der Waals surface area contributed by atoms with E-state index in [0.717, 1.165) is 5.56 Å². The summed E-state index contributed by atoms with van der Waals surface area (Å²) in [5.74, 6) is -1.59. The smallest absolute Gasteiger partial charge is 0.310 e. The van der Waals surface area contributed by atoms with E-state index in [-0.39, 0.29) is 18.4 Å². The van der Waals surface area contributed by atoms with Gasteiger partial charge in [0.05, 0.1) is 26.2 Å². The molecule has 2 unspecified atom stereocenters. The van der Waals surface area contributed by atoms with E-state index in [2.05, 4.69) is 0 Å². The first-order valence-electron chi connectivity index (χ1n) is 6.93. The Kier molecular flexibility index (Phi) is 5.14. The molecule has 0 aliphatic carbocycles. The minimum Gasteiger partial charge on any atom is -0.494 e. The summed E-state index contributed by atoms with van der Waals surface area (Å²) in [6.07, 6.45) is 0. The van der Waals surface area contributed by atoms with Crippen molar-refractivity contribution in [3.63, 3.8) is 0 Å². The van der Waals surface area contributed by atoms with Crippen LogP contribution in [0.5, 0.6) is 5.75 Å². The normalized spacial score (nSPS) is 21.7. The zero-order chi connectivity index (χ0) is 15.4. The Hall–Kier alpha value is -1.66. The van der Waals surface area contributed by atoms with E-state index >= 15 is 0 Å². The molecule has 2 rings (SSSR count). The molecule has 1 aliphatic rings. The fourth-order valence-corrected chi connectivity index (χ4v) is 2.65. The lowest BCUT2D eigenvalue weighted by Gasteiger charge is -2.29. The number of likely N-dealkylation sites (N-methyl/N-ethyl adjacent to an activating group) is 1. The molecule has 1 saturated heterocycles. The number of halogens is 1. The van der Waals surface area contributed by atoms with Crippen LogP contribution in [-0.4, -0.2) is 48.9 Å². The van der Waals surface area contributed by atoms with Crippen LogP contribution in [0.3, 0.4) is 0 Å². The second-order valence-electron chi connectivity index (χ2n) is 5.08. The van der Waals surface area contributed by atoms with Gasteiger partial charge in [0.15, 0.2) is 11.6 Å². The largest absolute Gasteiger partial charge is 0.494 e. The summed E-state index contributed by atoms with van der Waals surface area (Å²) in [5, 5.41) is 9.22. The molecule has 116 valence electrons. The highest BCUT2D eigenvalue weighted by Crippen LogP contribution is 2.24. The SMILES string of the molecule is CCN(Cc1ccc(OC)c(F)c1)C1COCC1C(=O)O. The third-order valence-corrected chi connectivity index (χ3v) is 3.84. The van der Waals surface area contributed by atoms with Crippen molar-refractivity contribution in [1.29, 1.82) is 0 Å². The van der Waals surface area contributed by atoms with E-state index in [1.807, 2.05) is 11.8 Å². The molecule has 0 amide bonds. The van der Waals surface area contributed by atoms with Gasteiger partial charge < -0.3 is 14.6 Å². The summed E-state index contributed by atoms with van der Waals surface area (Å²) < 4.78 is 23.9. The summed E-state index contributed by atoms with van der Waals surface area (Å²) in [6.45, 7) is 3.73. The van der Waals surface area contributed by atoms with Gasteiger partial charge in [-0.15, -0.1) is 0 Å². The summed E-state index contributed by atoms with van der Waals surface area (Å²) in [5.41, 5.74) is 0.784. The molecule has 1 aromatic rings. The van der Waals surface area contributed by atoms with Crippen molar-refractivity contribution in [2.45, 2.75) is 19.5 Å². The second-order valence-corrected chi connectivity index (χ2v) is 5.08. The molecule has 1 heterocycles. The Balaban J connectivity index is 2.12. The average molecular weight is 297 g/mol. The number of methoxy groups -OCH3 is 1. The van der Waals surface area contributed by atoms with Crippen molar-refractivity contribution < 1.29 is 23.8 Å².